The van der Waals surface area contributed by atoms with Crippen LogP contribution in [0.25, 0.3) is 20.8 Å². The molecule has 1 fully saturated rings. The summed E-state index contributed by atoms with van der Waals surface area (Å²) < 4.78 is 1.17. The number of nitrogens with zero attached hydrogens (tertiary/aromatic N) is 2. The number of benzene rings is 2. The molecule has 0 spiro atoms. The van der Waals surface area contributed by atoms with Crippen LogP contribution in [0.3, 0.4) is 0 Å². The van der Waals surface area contributed by atoms with E-state index in [-0.39, 0.29) is 24.4 Å². The molecule has 2 aromatic carbocycles. The van der Waals surface area contributed by atoms with Gasteiger partial charge in [0.1, 0.15) is 5.01 Å². The van der Waals surface area contributed by atoms with E-state index in [0.717, 1.165) is 21.8 Å². The Morgan fingerprint density at radius 1 is 1.25 bits per heavy atom. The van der Waals surface area contributed by atoms with E-state index in [9.17, 15) is 9.59 Å². The van der Waals surface area contributed by atoms with Gasteiger partial charge in [0.15, 0.2) is 0 Å². The summed E-state index contributed by atoms with van der Waals surface area (Å²) in [7, 11) is 0. The lowest BCUT2D eigenvalue weighted by atomic mass is 10.2. The zero-order chi connectivity index (χ0) is 19.7. The molecule has 1 atom stereocenters. The number of aromatic nitrogens is 1. The fraction of sp³-hybridized carbons (Fsp3) is 0.286. The predicted octanol–water partition coefficient (Wildman–Crippen LogP) is 3.03. The summed E-state index contributed by atoms with van der Waals surface area (Å²) in [5.41, 5.74) is 3.99. The molecule has 2 heterocycles. The molecule has 2 N–H and O–H groups in total. The molecule has 28 heavy (non-hydrogen) atoms. The van der Waals surface area contributed by atoms with Crippen LogP contribution in [0.2, 0.25) is 0 Å². The molecule has 0 saturated carbocycles. The topological polar surface area (TPSA) is 74.3 Å². The Bertz CT molecular complexity index is 1030. The molecule has 0 unspecified atom stereocenters. The summed E-state index contributed by atoms with van der Waals surface area (Å²) >= 11 is 1.67. The average Bonchev–Trinajstić information content (AvgIpc) is 3.11. The maximum atomic E-state index is 12.5. The minimum atomic E-state index is -0.363. The van der Waals surface area contributed by atoms with Gasteiger partial charge in [-0.25, -0.2) is 4.98 Å². The van der Waals surface area contributed by atoms with E-state index in [1.807, 2.05) is 42.2 Å². The van der Waals surface area contributed by atoms with Crippen LogP contribution in [-0.2, 0) is 9.59 Å². The van der Waals surface area contributed by atoms with Crippen molar-refractivity contribution in [1.82, 2.24) is 15.2 Å². The number of rotatable bonds is 4. The Labute approximate surface area is 167 Å². The largest absolute Gasteiger partial charge is 0.354 e. The number of fused-ring (bicyclic) bond motifs is 1. The Morgan fingerprint density at radius 2 is 2.04 bits per heavy atom. The molecular weight excluding hydrogens is 372 g/mol. The summed E-state index contributed by atoms with van der Waals surface area (Å²) in [5, 5.41) is 6.67. The van der Waals surface area contributed by atoms with Crippen molar-refractivity contribution >= 4 is 39.1 Å². The van der Waals surface area contributed by atoms with Gasteiger partial charge in [0, 0.05) is 24.3 Å². The minimum Gasteiger partial charge on any atom is -0.354 e. The van der Waals surface area contributed by atoms with Crippen LogP contribution >= 0.6 is 11.3 Å². The molecule has 2 amide bonds. The molecule has 144 valence electrons. The second-order valence-electron chi connectivity index (χ2n) is 7.05. The first-order valence-electron chi connectivity index (χ1n) is 9.29. The fourth-order valence-corrected chi connectivity index (χ4v) is 4.32. The van der Waals surface area contributed by atoms with Gasteiger partial charge in [-0.15, -0.1) is 11.3 Å². The molecule has 1 aromatic heterocycles. The minimum absolute atomic E-state index is 0.0405. The number of hydrogen-bond acceptors (Lipinski definition) is 5. The smallest absolute Gasteiger partial charge is 0.241 e. The molecular formula is C21H22N4O2S. The third-order valence-corrected chi connectivity index (χ3v) is 6.01. The Hall–Kier alpha value is -2.77. The van der Waals surface area contributed by atoms with E-state index < -0.39 is 0 Å². The summed E-state index contributed by atoms with van der Waals surface area (Å²) in [4.78, 5) is 30.6. The van der Waals surface area contributed by atoms with Crippen LogP contribution in [0, 0.1) is 6.92 Å². The van der Waals surface area contributed by atoms with Crippen LogP contribution in [-0.4, -0.2) is 47.4 Å². The fourth-order valence-electron chi connectivity index (χ4n) is 3.25. The monoisotopic (exact) mass is 394 g/mol. The Balaban J connectivity index is 1.45. The molecule has 1 aliphatic rings. The van der Waals surface area contributed by atoms with Gasteiger partial charge < -0.3 is 10.6 Å². The number of hydrogen-bond donors (Lipinski definition) is 2. The standard InChI is InChI=1S/C21H22N4O2S/c1-13-3-8-17-18(11-13)28-21(24-17)15-4-6-16(7-5-15)23-20(27)14(2)25-10-9-22-19(26)12-25/h3-8,11,14H,9-10,12H2,1-2H3,(H,22,26)(H,23,27)/t14-/m0/s1. The maximum Gasteiger partial charge on any atom is 0.241 e. The van der Waals surface area contributed by atoms with Crippen LogP contribution in [0.5, 0.6) is 0 Å². The van der Waals surface area contributed by atoms with E-state index >= 15 is 0 Å². The summed E-state index contributed by atoms with van der Waals surface area (Å²) in [6, 6.07) is 13.6. The van der Waals surface area contributed by atoms with Crippen molar-refractivity contribution in [1.29, 1.82) is 0 Å². The lowest BCUT2D eigenvalue weighted by Gasteiger charge is -2.31. The predicted molar refractivity (Wildman–Crippen MR) is 112 cm³/mol. The zero-order valence-electron chi connectivity index (χ0n) is 15.9. The van der Waals surface area contributed by atoms with Crippen LogP contribution in [0.1, 0.15) is 12.5 Å². The summed E-state index contributed by atoms with van der Waals surface area (Å²) in [5.74, 6) is -0.154. The van der Waals surface area contributed by atoms with E-state index in [4.69, 9.17) is 4.98 Å². The number of anilines is 1. The molecule has 0 bridgehead atoms. The number of carbonyl (C=O) groups excluding carboxylic acids is 2. The first kappa shape index (κ1) is 18.6. The quantitative estimate of drug-likeness (QED) is 0.713. The SMILES string of the molecule is Cc1ccc2nc(-c3ccc(NC(=O)[C@H](C)N4CCNC(=O)C4)cc3)sc2c1. The first-order valence-corrected chi connectivity index (χ1v) is 10.1. The van der Waals surface area contributed by atoms with Crippen molar-refractivity contribution in [2.75, 3.05) is 25.0 Å². The van der Waals surface area contributed by atoms with E-state index in [1.54, 1.807) is 11.3 Å². The molecule has 1 aliphatic heterocycles. The van der Waals surface area contributed by atoms with Gasteiger partial charge in [-0.3, -0.25) is 14.5 Å². The molecule has 0 radical (unpaired) electrons. The second-order valence-corrected chi connectivity index (χ2v) is 8.08. The van der Waals surface area contributed by atoms with Crippen molar-refractivity contribution in [2.45, 2.75) is 19.9 Å². The highest BCUT2D eigenvalue weighted by Gasteiger charge is 2.25. The molecule has 1 saturated heterocycles. The van der Waals surface area contributed by atoms with Crippen molar-refractivity contribution in [3.05, 3.63) is 48.0 Å². The van der Waals surface area contributed by atoms with Gasteiger partial charge in [0.25, 0.3) is 0 Å². The van der Waals surface area contributed by atoms with Crippen LogP contribution in [0.15, 0.2) is 42.5 Å². The van der Waals surface area contributed by atoms with Crippen molar-refractivity contribution < 1.29 is 9.59 Å². The third kappa shape index (κ3) is 3.90. The number of piperazine rings is 1. The molecule has 7 heteroatoms. The average molecular weight is 395 g/mol. The summed E-state index contributed by atoms with van der Waals surface area (Å²) in [6.07, 6.45) is 0. The highest BCUT2D eigenvalue weighted by atomic mass is 32.1. The summed E-state index contributed by atoms with van der Waals surface area (Å²) in [6.45, 7) is 5.41. The third-order valence-electron chi connectivity index (χ3n) is 4.94. The van der Waals surface area contributed by atoms with Crippen LogP contribution < -0.4 is 10.6 Å². The molecule has 0 aliphatic carbocycles. The second kappa shape index (κ2) is 7.69. The van der Waals surface area contributed by atoms with E-state index in [0.29, 0.717) is 13.1 Å². The lowest BCUT2D eigenvalue weighted by Crippen LogP contribution is -2.53. The molecule has 6 nitrogen and oxygen atoms in total. The van der Waals surface area contributed by atoms with Crippen molar-refractivity contribution in [2.24, 2.45) is 0 Å². The Morgan fingerprint density at radius 3 is 2.79 bits per heavy atom. The Kier molecular flexibility index (Phi) is 5.11. The zero-order valence-corrected chi connectivity index (χ0v) is 16.7. The molecule has 4 rings (SSSR count). The van der Waals surface area contributed by atoms with Gasteiger partial charge >= 0.3 is 0 Å². The van der Waals surface area contributed by atoms with Gasteiger partial charge in [-0.2, -0.15) is 0 Å². The highest BCUT2D eigenvalue weighted by Crippen LogP contribution is 2.31. The highest BCUT2D eigenvalue weighted by molar-refractivity contribution is 7.21. The maximum absolute atomic E-state index is 12.5. The van der Waals surface area contributed by atoms with Gasteiger partial charge in [-0.1, -0.05) is 6.07 Å². The first-order chi connectivity index (χ1) is 13.5. The number of amides is 2. The van der Waals surface area contributed by atoms with Crippen molar-refractivity contribution in [3.63, 3.8) is 0 Å². The van der Waals surface area contributed by atoms with Crippen LogP contribution in [0.4, 0.5) is 5.69 Å². The van der Waals surface area contributed by atoms with E-state index in [2.05, 4.69) is 29.7 Å². The number of thiazole rings is 1. The van der Waals surface area contributed by atoms with Gasteiger partial charge in [0.05, 0.1) is 22.8 Å². The van der Waals surface area contributed by atoms with E-state index in [1.165, 1.54) is 10.3 Å². The number of carbonyl (C=O) groups is 2. The number of aryl methyl sites for hydroxylation is 1. The number of nitrogens with one attached hydrogen (secondary N) is 2. The molecule has 3 aromatic rings. The van der Waals surface area contributed by atoms with Crippen molar-refractivity contribution in [3.8, 4) is 10.6 Å². The normalized spacial score (nSPS) is 16.0. The van der Waals surface area contributed by atoms with Gasteiger partial charge in [0.2, 0.25) is 11.8 Å². The van der Waals surface area contributed by atoms with Gasteiger partial charge in [-0.05, 0) is 55.8 Å². The lowest BCUT2D eigenvalue weighted by molar-refractivity contribution is -0.127.